The lowest BCUT2D eigenvalue weighted by Gasteiger charge is -2.34. The first kappa shape index (κ1) is 17.3. The van der Waals surface area contributed by atoms with Crippen LogP contribution in [-0.4, -0.2) is 62.8 Å². The van der Waals surface area contributed by atoms with Gasteiger partial charge in [-0.25, -0.2) is 0 Å². The topological polar surface area (TPSA) is 70.1 Å². The number of sulfonamides is 1. The highest BCUT2D eigenvalue weighted by Gasteiger charge is 2.42. The molecule has 0 aliphatic carbocycles. The standard InChI is InChI=1S/C13H14F3N3O3S/c14-13(15,16)12(19-8-6-18(10-20)7-9-19)17-23(21,22)11-4-2-1-3-5-11/h1-5,10H,6-9H2. The third kappa shape index (κ3) is 4.21. The lowest BCUT2D eigenvalue weighted by molar-refractivity contribution is -0.119. The minimum Gasteiger partial charge on any atom is -0.348 e. The summed E-state index contributed by atoms with van der Waals surface area (Å²) in [6.07, 6.45) is -4.37. The molecule has 1 amide bonds. The fourth-order valence-electron chi connectivity index (χ4n) is 2.09. The fourth-order valence-corrected chi connectivity index (χ4v) is 3.14. The van der Waals surface area contributed by atoms with Crippen LogP contribution in [-0.2, 0) is 14.8 Å². The van der Waals surface area contributed by atoms with E-state index in [-0.39, 0.29) is 31.1 Å². The van der Waals surface area contributed by atoms with Crippen molar-refractivity contribution in [1.29, 1.82) is 0 Å². The van der Waals surface area contributed by atoms with Gasteiger partial charge in [0.2, 0.25) is 12.2 Å². The van der Waals surface area contributed by atoms with E-state index < -0.39 is 22.0 Å². The van der Waals surface area contributed by atoms with Gasteiger partial charge in [-0.2, -0.15) is 21.6 Å². The van der Waals surface area contributed by atoms with Gasteiger partial charge in [-0.1, -0.05) is 18.2 Å². The van der Waals surface area contributed by atoms with Crippen LogP contribution in [0.15, 0.2) is 39.6 Å². The first-order chi connectivity index (χ1) is 10.7. The smallest absolute Gasteiger partial charge is 0.348 e. The van der Waals surface area contributed by atoms with E-state index in [1.165, 1.54) is 29.2 Å². The van der Waals surface area contributed by atoms with Gasteiger partial charge in [-0.3, -0.25) is 4.79 Å². The van der Waals surface area contributed by atoms with Crippen LogP contribution < -0.4 is 0 Å². The molecule has 1 aromatic rings. The summed E-state index contributed by atoms with van der Waals surface area (Å²) in [6.45, 7) is -0.128. The molecule has 126 valence electrons. The second kappa shape index (κ2) is 6.57. The molecule has 6 nitrogen and oxygen atoms in total. The maximum Gasteiger partial charge on any atom is 0.450 e. The Morgan fingerprint density at radius 2 is 1.65 bits per heavy atom. The van der Waals surface area contributed by atoms with E-state index in [1.807, 2.05) is 0 Å². The zero-order valence-corrected chi connectivity index (χ0v) is 12.7. The first-order valence-electron chi connectivity index (χ1n) is 6.65. The van der Waals surface area contributed by atoms with Gasteiger partial charge in [0.25, 0.3) is 10.0 Å². The highest BCUT2D eigenvalue weighted by molar-refractivity contribution is 7.90. The van der Waals surface area contributed by atoms with Crippen LogP contribution in [0.25, 0.3) is 0 Å². The van der Waals surface area contributed by atoms with E-state index in [1.54, 1.807) is 6.07 Å². The molecular weight excluding hydrogens is 335 g/mol. The van der Waals surface area contributed by atoms with Crippen LogP contribution in [0.3, 0.4) is 0 Å². The van der Waals surface area contributed by atoms with E-state index >= 15 is 0 Å². The summed E-state index contributed by atoms with van der Waals surface area (Å²) in [7, 11) is -4.47. The van der Waals surface area contributed by atoms with Crippen molar-refractivity contribution >= 4 is 22.3 Å². The molecular formula is C13H14F3N3O3S. The number of amides is 1. The van der Waals surface area contributed by atoms with Crippen LogP contribution >= 0.6 is 0 Å². The highest BCUT2D eigenvalue weighted by atomic mass is 32.2. The van der Waals surface area contributed by atoms with Crippen molar-refractivity contribution in [2.24, 2.45) is 4.40 Å². The van der Waals surface area contributed by atoms with Crippen molar-refractivity contribution in [3.63, 3.8) is 0 Å². The zero-order valence-electron chi connectivity index (χ0n) is 11.9. The minimum absolute atomic E-state index is 0.0734. The Bertz CT molecular complexity index is 681. The third-order valence-corrected chi connectivity index (χ3v) is 4.55. The molecule has 0 saturated carbocycles. The number of carbonyl (C=O) groups is 1. The number of hydrogen-bond acceptors (Lipinski definition) is 3. The molecule has 2 rings (SSSR count). The number of alkyl halides is 3. The van der Waals surface area contributed by atoms with Gasteiger partial charge in [0, 0.05) is 26.2 Å². The molecule has 10 heteroatoms. The summed E-state index contributed by atoms with van der Waals surface area (Å²) in [5.41, 5.74) is 0. The summed E-state index contributed by atoms with van der Waals surface area (Å²) in [4.78, 5) is 12.4. The predicted octanol–water partition coefficient (Wildman–Crippen LogP) is 1.11. The highest BCUT2D eigenvalue weighted by Crippen LogP contribution is 2.24. The van der Waals surface area contributed by atoms with Gasteiger partial charge in [0.15, 0.2) is 0 Å². The Labute approximate surface area is 131 Å². The van der Waals surface area contributed by atoms with Crippen molar-refractivity contribution in [1.82, 2.24) is 9.80 Å². The quantitative estimate of drug-likeness (QED) is 0.466. The Morgan fingerprint density at radius 1 is 1.09 bits per heavy atom. The summed E-state index contributed by atoms with van der Waals surface area (Å²) in [5, 5.41) is 0. The molecule has 0 unspecified atom stereocenters. The van der Waals surface area contributed by atoms with Crippen LogP contribution in [0, 0.1) is 0 Å². The minimum atomic E-state index is -4.91. The fraction of sp³-hybridized carbons (Fsp3) is 0.385. The molecule has 0 N–H and O–H groups in total. The number of halogens is 3. The number of benzene rings is 1. The largest absolute Gasteiger partial charge is 0.450 e. The van der Waals surface area contributed by atoms with Gasteiger partial charge in [0.05, 0.1) is 4.90 Å². The molecule has 1 fully saturated rings. The van der Waals surface area contributed by atoms with Crippen molar-refractivity contribution in [2.75, 3.05) is 26.2 Å². The molecule has 0 bridgehead atoms. The molecule has 1 aliphatic rings. The average molecular weight is 349 g/mol. The molecule has 0 spiro atoms. The maximum atomic E-state index is 13.2. The number of nitrogens with zero attached hydrogens (tertiary/aromatic N) is 3. The number of carbonyl (C=O) groups excluding carboxylic acids is 1. The number of rotatable bonds is 3. The molecule has 1 aromatic carbocycles. The van der Waals surface area contributed by atoms with Gasteiger partial charge in [-0.05, 0) is 12.1 Å². The maximum absolute atomic E-state index is 13.2. The molecule has 0 aromatic heterocycles. The van der Waals surface area contributed by atoms with Gasteiger partial charge in [-0.15, -0.1) is 4.40 Å². The van der Waals surface area contributed by atoms with E-state index in [2.05, 4.69) is 4.40 Å². The second-order valence-corrected chi connectivity index (χ2v) is 6.43. The van der Waals surface area contributed by atoms with Crippen LogP contribution in [0.2, 0.25) is 0 Å². The predicted molar refractivity (Wildman–Crippen MR) is 76.3 cm³/mol. The summed E-state index contributed by atoms with van der Waals surface area (Å²) in [5.74, 6) is -1.47. The van der Waals surface area contributed by atoms with Crippen LogP contribution in [0.4, 0.5) is 13.2 Å². The van der Waals surface area contributed by atoms with Crippen molar-refractivity contribution in [2.45, 2.75) is 11.1 Å². The molecule has 23 heavy (non-hydrogen) atoms. The average Bonchev–Trinajstić information content (AvgIpc) is 2.53. The van der Waals surface area contributed by atoms with Crippen LogP contribution in [0.1, 0.15) is 0 Å². The first-order valence-corrected chi connectivity index (χ1v) is 8.09. The Balaban J connectivity index is 2.34. The van der Waals surface area contributed by atoms with Gasteiger partial charge < -0.3 is 9.80 Å². The lowest BCUT2D eigenvalue weighted by Crippen LogP contribution is -2.52. The third-order valence-electron chi connectivity index (χ3n) is 3.26. The monoisotopic (exact) mass is 349 g/mol. The molecule has 1 aliphatic heterocycles. The second-order valence-electron chi connectivity index (χ2n) is 4.83. The van der Waals surface area contributed by atoms with E-state index in [0.29, 0.717) is 6.41 Å². The SMILES string of the molecule is O=CN1CCN(C(=NS(=O)(=O)c2ccccc2)C(F)(F)F)CC1. The van der Waals surface area contributed by atoms with Gasteiger partial charge >= 0.3 is 6.18 Å². The molecule has 0 radical (unpaired) electrons. The summed E-state index contributed by atoms with van der Waals surface area (Å²) in [6, 6.07) is 6.71. The lowest BCUT2D eigenvalue weighted by atomic mass is 10.3. The number of amidine groups is 1. The molecule has 1 heterocycles. The summed E-state index contributed by atoms with van der Waals surface area (Å²) < 4.78 is 66.8. The van der Waals surface area contributed by atoms with Crippen molar-refractivity contribution < 1.29 is 26.4 Å². The van der Waals surface area contributed by atoms with E-state index in [4.69, 9.17) is 0 Å². The Morgan fingerprint density at radius 3 is 2.13 bits per heavy atom. The Kier molecular flexibility index (Phi) is 4.93. The molecule has 1 saturated heterocycles. The Hall–Kier alpha value is -2.10. The molecule has 0 atom stereocenters. The van der Waals surface area contributed by atoms with Crippen molar-refractivity contribution in [3.05, 3.63) is 30.3 Å². The van der Waals surface area contributed by atoms with E-state index in [0.717, 1.165) is 4.90 Å². The number of piperazine rings is 1. The zero-order chi connectivity index (χ0) is 17.1. The van der Waals surface area contributed by atoms with E-state index in [9.17, 15) is 26.4 Å². The normalized spacial score (nSPS) is 17.3. The van der Waals surface area contributed by atoms with Crippen molar-refractivity contribution in [3.8, 4) is 0 Å². The number of hydrogen-bond donors (Lipinski definition) is 0. The van der Waals surface area contributed by atoms with Crippen LogP contribution in [0.5, 0.6) is 0 Å². The van der Waals surface area contributed by atoms with Gasteiger partial charge in [0.1, 0.15) is 0 Å². The summed E-state index contributed by atoms with van der Waals surface area (Å²) >= 11 is 0.